The monoisotopic (exact) mass is 319 g/mol. The molecule has 0 aliphatic carbocycles. The Morgan fingerprint density at radius 2 is 1.91 bits per heavy atom. The Morgan fingerprint density at radius 3 is 2.50 bits per heavy atom. The number of carbonyl (C=O) groups excluding carboxylic acids is 1. The van der Waals surface area contributed by atoms with Crippen LogP contribution in [0.1, 0.15) is 39.0 Å². The number of piperidine rings is 1. The van der Waals surface area contributed by atoms with Crippen molar-refractivity contribution in [2.45, 2.75) is 67.4 Å². The molecule has 0 saturated carbocycles. The third-order valence-electron chi connectivity index (χ3n) is 4.99. The van der Waals surface area contributed by atoms with Gasteiger partial charge in [-0.05, 0) is 51.3 Å². The van der Waals surface area contributed by atoms with Crippen LogP contribution in [-0.4, -0.2) is 41.4 Å². The Labute approximate surface area is 137 Å². The molecule has 0 N–H and O–H groups in total. The molecule has 3 nitrogen and oxygen atoms in total. The molecule has 1 aromatic carbocycles. The van der Waals surface area contributed by atoms with E-state index in [1.165, 1.54) is 12.8 Å². The Bertz CT molecular complexity index is 493. The number of nitrogens with zero attached hydrogens (tertiary/aromatic N) is 1. The van der Waals surface area contributed by atoms with E-state index in [2.05, 4.69) is 31.0 Å². The van der Waals surface area contributed by atoms with E-state index in [9.17, 15) is 4.79 Å². The largest absolute Gasteiger partial charge is 0.461 e. The topological polar surface area (TPSA) is 29.5 Å². The van der Waals surface area contributed by atoms with Crippen molar-refractivity contribution in [3.05, 3.63) is 30.3 Å². The maximum Gasteiger partial charge on any atom is 0.319 e. The number of hydrogen-bond acceptors (Lipinski definition) is 4. The van der Waals surface area contributed by atoms with Gasteiger partial charge < -0.3 is 9.64 Å². The number of rotatable bonds is 5. The predicted octanol–water partition coefficient (Wildman–Crippen LogP) is 3.73. The number of fused-ring (bicyclic) bond motifs is 2. The van der Waals surface area contributed by atoms with Crippen LogP contribution in [-0.2, 0) is 9.53 Å². The summed E-state index contributed by atoms with van der Waals surface area (Å²) < 4.78 is 5.86. The van der Waals surface area contributed by atoms with E-state index < -0.39 is 0 Å². The second-order valence-electron chi connectivity index (χ2n) is 6.41. The first-order chi connectivity index (χ1) is 10.7. The number of benzene rings is 1. The van der Waals surface area contributed by atoms with E-state index in [-0.39, 0.29) is 17.3 Å². The summed E-state index contributed by atoms with van der Waals surface area (Å²) in [5, 5.41) is -0.0975. The molecule has 4 atom stereocenters. The Hall–Kier alpha value is -1.00. The van der Waals surface area contributed by atoms with Crippen molar-refractivity contribution in [1.29, 1.82) is 0 Å². The van der Waals surface area contributed by atoms with Crippen LogP contribution in [0.4, 0.5) is 0 Å². The van der Waals surface area contributed by atoms with E-state index in [1.54, 1.807) is 11.8 Å². The van der Waals surface area contributed by atoms with E-state index in [1.807, 2.05) is 18.2 Å². The number of ether oxygens (including phenoxy) is 1. The summed E-state index contributed by atoms with van der Waals surface area (Å²) in [6.07, 6.45) is 5.44. The molecular formula is C18H25NO2S. The van der Waals surface area contributed by atoms with Crippen LogP contribution in [0, 0.1) is 0 Å². The maximum absolute atomic E-state index is 12.5. The average molecular weight is 319 g/mol. The molecule has 2 heterocycles. The molecule has 22 heavy (non-hydrogen) atoms. The molecule has 2 fully saturated rings. The SMILES string of the molecule is CC[C@@H](Sc1ccccc1)C(=O)OC1C[C@H]2CC[C@@H](C1)N2C. The van der Waals surface area contributed by atoms with Gasteiger partial charge in [0.1, 0.15) is 11.4 Å². The summed E-state index contributed by atoms with van der Waals surface area (Å²) in [4.78, 5) is 16.1. The fourth-order valence-electron chi connectivity index (χ4n) is 3.66. The minimum atomic E-state index is -0.0975. The van der Waals surface area contributed by atoms with Gasteiger partial charge in [0.15, 0.2) is 0 Å². The summed E-state index contributed by atoms with van der Waals surface area (Å²) in [5.41, 5.74) is 0. The number of esters is 1. The highest BCUT2D eigenvalue weighted by Gasteiger charge is 2.40. The van der Waals surface area contributed by atoms with Gasteiger partial charge in [0.25, 0.3) is 0 Å². The van der Waals surface area contributed by atoms with Crippen molar-refractivity contribution >= 4 is 17.7 Å². The lowest BCUT2D eigenvalue weighted by Gasteiger charge is -2.36. The molecule has 4 heteroatoms. The lowest BCUT2D eigenvalue weighted by molar-refractivity contribution is -0.151. The van der Waals surface area contributed by atoms with Crippen molar-refractivity contribution < 1.29 is 9.53 Å². The first kappa shape index (κ1) is 15.9. The molecule has 2 aliphatic rings. The summed E-state index contributed by atoms with van der Waals surface area (Å²) in [6, 6.07) is 11.3. The van der Waals surface area contributed by atoms with Crippen LogP contribution in [0.3, 0.4) is 0 Å². The first-order valence-corrected chi connectivity index (χ1v) is 9.19. The summed E-state index contributed by atoms with van der Waals surface area (Å²) in [6.45, 7) is 2.06. The maximum atomic E-state index is 12.5. The van der Waals surface area contributed by atoms with Crippen LogP contribution in [0.2, 0.25) is 0 Å². The highest BCUT2D eigenvalue weighted by atomic mass is 32.2. The van der Waals surface area contributed by atoms with Crippen molar-refractivity contribution in [2.75, 3.05) is 7.05 Å². The molecule has 2 bridgehead atoms. The zero-order chi connectivity index (χ0) is 15.5. The Balaban J connectivity index is 1.56. The molecule has 3 rings (SSSR count). The smallest absolute Gasteiger partial charge is 0.319 e. The molecule has 2 aliphatic heterocycles. The van der Waals surface area contributed by atoms with Crippen LogP contribution in [0.25, 0.3) is 0 Å². The van der Waals surface area contributed by atoms with Gasteiger partial charge in [0.2, 0.25) is 0 Å². The highest BCUT2D eigenvalue weighted by molar-refractivity contribution is 8.00. The van der Waals surface area contributed by atoms with E-state index in [0.29, 0.717) is 12.1 Å². The van der Waals surface area contributed by atoms with Crippen LogP contribution in [0.15, 0.2) is 35.2 Å². The third kappa shape index (κ3) is 3.49. The number of hydrogen-bond donors (Lipinski definition) is 0. The van der Waals surface area contributed by atoms with Crippen molar-refractivity contribution in [1.82, 2.24) is 4.90 Å². The quantitative estimate of drug-likeness (QED) is 0.611. The molecule has 0 radical (unpaired) electrons. The minimum Gasteiger partial charge on any atom is -0.461 e. The van der Waals surface area contributed by atoms with E-state index in [4.69, 9.17) is 4.74 Å². The van der Waals surface area contributed by atoms with Crippen LogP contribution in [0.5, 0.6) is 0 Å². The van der Waals surface area contributed by atoms with E-state index >= 15 is 0 Å². The van der Waals surface area contributed by atoms with Gasteiger partial charge in [-0.15, -0.1) is 11.8 Å². The standard InChI is InChI=1S/C18H25NO2S/c1-3-17(22-16-7-5-4-6-8-16)18(20)21-15-11-13-9-10-14(12-15)19(13)2/h4-8,13-15,17H,3,9-12H2,1-2H3/t13-,14+,15?,17-/m1/s1. The molecule has 0 amide bonds. The summed E-state index contributed by atoms with van der Waals surface area (Å²) >= 11 is 1.62. The van der Waals surface area contributed by atoms with Gasteiger partial charge in [0, 0.05) is 17.0 Å². The predicted molar refractivity (Wildman–Crippen MR) is 90.1 cm³/mol. The second kappa shape index (κ2) is 7.05. The zero-order valence-corrected chi connectivity index (χ0v) is 14.2. The molecule has 1 aromatic rings. The normalized spacial score (nSPS) is 29.3. The zero-order valence-electron chi connectivity index (χ0n) is 13.4. The second-order valence-corrected chi connectivity index (χ2v) is 7.68. The van der Waals surface area contributed by atoms with Gasteiger partial charge in [0.05, 0.1) is 0 Å². The van der Waals surface area contributed by atoms with Crippen LogP contribution < -0.4 is 0 Å². The summed E-state index contributed by atoms with van der Waals surface area (Å²) in [5.74, 6) is -0.0368. The molecule has 0 spiro atoms. The lowest BCUT2D eigenvalue weighted by Crippen LogP contribution is -2.44. The van der Waals surface area contributed by atoms with Gasteiger partial charge in [-0.3, -0.25) is 4.79 Å². The molecular weight excluding hydrogens is 294 g/mol. The third-order valence-corrected chi connectivity index (χ3v) is 6.35. The van der Waals surface area contributed by atoms with Gasteiger partial charge in [-0.2, -0.15) is 0 Å². The van der Waals surface area contributed by atoms with Gasteiger partial charge in [-0.25, -0.2) is 0 Å². The van der Waals surface area contributed by atoms with Crippen LogP contribution >= 0.6 is 11.8 Å². The Morgan fingerprint density at radius 1 is 1.27 bits per heavy atom. The average Bonchev–Trinajstić information content (AvgIpc) is 2.75. The fourth-order valence-corrected chi connectivity index (χ4v) is 4.62. The fraction of sp³-hybridized carbons (Fsp3) is 0.611. The number of carbonyl (C=O) groups is 1. The molecule has 1 unspecified atom stereocenters. The van der Waals surface area contributed by atoms with E-state index in [0.717, 1.165) is 24.2 Å². The highest BCUT2D eigenvalue weighted by Crippen LogP contribution is 2.36. The number of thioether (sulfide) groups is 1. The lowest BCUT2D eigenvalue weighted by atomic mass is 10.0. The Kier molecular flexibility index (Phi) is 5.09. The first-order valence-electron chi connectivity index (χ1n) is 8.31. The summed E-state index contributed by atoms with van der Waals surface area (Å²) in [7, 11) is 2.21. The minimum absolute atomic E-state index is 0.0368. The molecule has 2 saturated heterocycles. The molecule has 0 aromatic heterocycles. The van der Waals surface area contributed by atoms with Gasteiger partial charge >= 0.3 is 5.97 Å². The van der Waals surface area contributed by atoms with Crippen molar-refractivity contribution in [2.24, 2.45) is 0 Å². The van der Waals surface area contributed by atoms with Gasteiger partial charge in [-0.1, -0.05) is 25.1 Å². The molecule has 120 valence electrons. The van der Waals surface area contributed by atoms with Crippen molar-refractivity contribution in [3.8, 4) is 0 Å². The van der Waals surface area contributed by atoms with Crippen molar-refractivity contribution in [3.63, 3.8) is 0 Å².